The Kier molecular flexibility index (Phi) is 4.19. The highest BCUT2D eigenvalue weighted by Gasteiger charge is 2.28. The average Bonchev–Trinajstić information content (AvgIpc) is 2.56. The Balaban J connectivity index is 2.86. The summed E-state index contributed by atoms with van der Waals surface area (Å²) in [6.07, 6.45) is -5.01. The Hall–Kier alpha value is -0.620. The molecule has 6 heteroatoms. The molecule has 17 heavy (non-hydrogen) atoms. The van der Waals surface area contributed by atoms with Crippen molar-refractivity contribution in [3.8, 4) is 0 Å². The number of rotatable bonds is 3. The number of hydrogen-bond donors (Lipinski definition) is 1. The van der Waals surface area contributed by atoms with Crippen molar-refractivity contribution in [1.29, 1.82) is 0 Å². The number of aromatic nitrogens is 1. The van der Waals surface area contributed by atoms with E-state index in [4.69, 9.17) is 5.73 Å². The molecule has 1 rings (SSSR count). The second-order valence-corrected chi connectivity index (χ2v) is 6.12. The fraction of sp³-hybridized carbons (Fsp3) is 0.727. The van der Waals surface area contributed by atoms with Gasteiger partial charge in [0, 0.05) is 29.7 Å². The molecule has 98 valence electrons. The summed E-state index contributed by atoms with van der Waals surface area (Å²) in [5.41, 5.74) is 6.23. The lowest BCUT2D eigenvalue weighted by atomic mass is 9.91. The van der Waals surface area contributed by atoms with Crippen molar-refractivity contribution in [3.63, 3.8) is 0 Å². The maximum absolute atomic E-state index is 12.1. The summed E-state index contributed by atoms with van der Waals surface area (Å²) in [5, 5.41) is 0.521. The van der Waals surface area contributed by atoms with Crippen molar-refractivity contribution in [1.82, 2.24) is 4.98 Å². The fourth-order valence-electron chi connectivity index (χ4n) is 1.48. The molecule has 1 aromatic heterocycles. The van der Waals surface area contributed by atoms with E-state index in [0.29, 0.717) is 11.6 Å². The zero-order chi connectivity index (χ0) is 13.3. The Labute approximate surface area is 103 Å². The summed E-state index contributed by atoms with van der Waals surface area (Å²) in [6.45, 7) is 6.27. The zero-order valence-corrected chi connectivity index (χ0v) is 11.0. The molecule has 0 aromatic carbocycles. The summed E-state index contributed by atoms with van der Waals surface area (Å²) >= 11 is 1.29. The minimum atomic E-state index is -4.13. The number of aryl methyl sites for hydroxylation is 1. The lowest BCUT2D eigenvalue weighted by Gasteiger charge is -2.16. The van der Waals surface area contributed by atoms with Gasteiger partial charge in [-0.15, -0.1) is 11.3 Å². The van der Waals surface area contributed by atoms with E-state index >= 15 is 0 Å². The first-order valence-electron chi connectivity index (χ1n) is 5.39. The highest BCUT2D eigenvalue weighted by Crippen LogP contribution is 2.31. The normalized spacial score (nSPS) is 13.1. The number of nitrogens with zero attached hydrogens (tertiary/aromatic N) is 1. The van der Waals surface area contributed by atoms with Crippen molar-refractivity contribution >= 4 is 11.3 Å². The first-order chi connectivity index (χ1) is 7.63. The molecule has 0 aliphatic heterocycles. The molecule has 1 heterocycles. The molecule has 0 unspecified atom stereocenters. The van der Waals surface area contributed by atoms with Gasteiger partial charge in [-0.3, -0.25) is 0 Å². The Morgan fingerprint density at radius 1 is 1.24 bits per heavy atom. The van der Waals surface area contributed by atoms with Gasteiger partial charge in [0.05, 0.1) is 10.7 Å². The van der Waals surface area contributed by atoms with Gasteiger partial charge in [0.1, 0.15) is 0 Å². The van der Waals surface area contributed by atoms with Gasteiger partial charge in [0.25, 0.3) is 0 Å². The van der Waals surface area contributed by atoms with Crippen molar-refractivity contribution < 1.29 is 13.2 Å². The molecule has 0 radical (unpaired) electrons. The topological polar surface area (TPSA) is 38.9 Å². The molecular formula is C11H17F3N2S. The van der Waals surface area contributed by atoms with E-state index in [0.717, 1.165) is 10.6 Å². The number of nitrogens with two attached hydrogens (primary N) is 1. The Morgan fingerprint density at radius 3 is 2.18 bits per heavy atom. The Morgan fingerprint density at radius 2 is 1.82 bits per heavy atom. The van der Waals surface area contributed by atoms with E-state index in [2.05, 4.69) is 4.98 Å². The summed E-state index contributed by atoms with van der Waals surface area (Å²) in [7, 11) is 0. The van der Waals surface area contributed by atoms with E-state index in [-0.39, 0.29) is 11.8 Å². The van der Waals surface area contributed by atoms with Crippen LogP contribution in [-0.2, 0) is 18.4 Å². The molecule has 0 aliphatic carbocycles. The van der Waals surface area contributed by atoms with Crippen LogP contribution in [0.15, 0.2) is 0 Å². The van der Waals surface area contributed by atoms with Crippen LogP contribution in [0.4, 0.5) is 13.2 Å². The lowest BCUT2D eigenvalue weighted by molar-refractivity contribution is -0.134. The molecule has 0 bridgehead atoms. The van der Waals surface area contributed by atoms with Crippen LogP contribution in [0.5, 0.6) is 0 Å². The quantitative estimate of drug-likeness (QED) is 0.910. The van der Waals surface area contributed by atoms with Crippen LogP contribution < -0.4 is 5.73 Å². The summed E-state index contributed by atoms with van der Waals surface area (Å²) in [4.78, 5) is 5.18. The average molecular weight is 266 g/mol. The van der Waals surface area contributed by atoms with E-state index in [1.165, 1.54) is 11.3 Å². The smallest absolute Gasteiger partial charge is 0.326 e. The van der Waals surface area contributed by atoms with Crippen molar-refractivity contribution in [2.45, 2.75) is 51.7 Å². The van der Waals surface area contributed by atoms with Crippen molar-refractivity contribution in [3.05, 3.63) is 15.6 Å². The van der Waals surface area contributed by atoms with Crippen LogP contribution in [-0.4, -0.2) is 11.2 Å². The number of thiazole rings is 1. The molecule has 0 aliphatic rings. The van der Waals surface area contributed by atoms with E-state index in [1.807, 2.05) is 20.8 Å². The number of alkyl halides is 3. The van der Waals surface area contributed by atoms with Crippen LogP contribution in [0.3, 0.4) is 0 Å². The van der Waals surface area contributed by atoms with E-state index < -0.39 is 12.6 Å². The fourth-order valence-corrected chi connectivity index (χ4v) is 2.64. The zero-order valence-electron chi connectivity index (χ0n) is 10.2. The second-order valence-electron chi connectivity index (χ2n) is 4.95. The molecular weight excluding hydrogens is 249 g/mol. The summed E-state index contributed by atoms with van der Waals surface area (Å²) in [6, 6.07) is 0. The first-order valence-corrected chi connectivity index (χ1v) is 6.21. The molecule has 0 fully saturated rings. The third-order valence-corrected chi connectivity index (χ3v) is 3.40. The molecule has 2 nitrogen and oxygen atoms in total. The maximum Gasteiger partial charge on any atom is 0.389 e. The molecule has 0 saturated heterocycles. The molecule has 2 N–H and O–H groups in total. The van der Waals surface area contributed by atoms with Gasteiger partial charge in [0.15, 0.2) is 0 Å². The van der Waals surface area contributed by atoms with Crippen LogP contribution >= 0.6 is 11.3 Å². The highest BCUT2D eigenvalue weighted by molar-refractivity contribution is 7.11. The summed E-state index contributed by atoms with van der Waals surface area (Å²) < 4.78 is 36.3. The second kappa shape index (κ2) is 4.94. The van der Waals surface area contributed by atoms with Crippen molar-refractivity contribution in [2.24, 2.45) is 5.73 Å². The van der Waals surface area contributed by atoms with Gasteiger partial charge >= 0.3 is 6.18 Å². The van der Waals surface area contributed by atoms with Crippen LogP contribution in [0.25, 0.3) is 0 Å². The van der Waals surface area contributed by atoms with Gasteiger partial charge < -0.3 is 5.73 Å². The highest BCUT2D eigenvalue weighted by atomic mass is 32.1. The number of halogens is 3. The van der Waals surface area contributed by atoms with E-state index in [9.17, 15) is 13.2 Å². The van der Waals surface area contributed by atoms with Gasteiger partial charge in [-0.05, 0) is 0 Å². The van der Waals surface area contributed by atoms with Gasteiger partial charge in [-0.1, -0.05) is 20.8 Å². The van der Waals surface area contributed by atoms with Crippen LogP contribution in [0, 0.1) is 0 Å². The Bertz CT molecular complexity index is 377. The van der Waals surface area contributed by atoms with Crippen LogP contribution in [0.1, 0.15) is 42.8 Å². The third-order valence-electron chi connectivity index (χ3n) is 2.26. The lowest BCUT2D eigenvalue weighted by Crippen LogP contribution is -2.15. The van der Waals surface area contributed by atoms with Gasteiger partial charge in [-0.25, -0.2) is 4.98 Å². The molecule has 1 aromatic rings. The standard InChI is InChI=1S/C11H17F3N2S/c1-10(2,3)9-7(6-15)17-8(16-9)4-5-11(12,13)14/h4-6,15H2,1-3H3. The predicted molar refractivity (Wildman–Crippen MR) is 63.1 cm³/mol. The maximum atomic E-state index is 12.1. The van der Waals surface area contributed by atoms with Gasteiger partial charge in [0.2, 0.25) is 0 Å². The van der Waals surface area contributed by atoms with E-state index in [1.54, 1.807) is 0 Å². The SMILES string of the molecule is CC(C)(C)c1nc(CCC(F)(F)F)sc1CN. The monoisotopic (exact) mass is 266 g/mol. The predicted octanol–water partition coefficient (Wildman–Crippen LogP) is 3.39. The molecule has 0 atom stereocenters. The molecule has 0 amide bonds. The van der Waals surface area contributed by atoms with Crippen molar-refractivity contribution in [2.75, 3.05) is 0 Å². The molecule has 0 saturated carbocycles. The largest absolute Gasteiger partial charge is 0.389 e. The van der Waals surface area contributed by atoms with Crippen LogP contribution in [0.2, 0.25) is 0 Å². The summed E-state index contributed by atoms with van der Waals surface area (Å²) in [5.74, 6) is 0. The minimum Gasteiger partial charge on any atom is -0.326 e. The van der Waals surface area contributed by atoms with Gasteiger partial charge in [-0.2, -0.15) is 13.2 Å². The number of hydrogen-bond acceptors (Lipinski definition) is 3. The third kappa shape index (κ3) is 4.27. The molecule has 0 spiro atoms. The minimum absolute atomic E-state index is 0.0583. The first kappa shape index (κ1) is 14.4.